The van der Waals surface area contributed by atoms with Gasteiger partial charge < -0.3 is 1.43 Å². The average Bonchev–Trinajstić information content (AvgIpc) is 1.85. The van der Waals surface area contributed by atoms with Gasteiger partial charge in [0.2, 0.25) is 0 Å². The third-order valence-electron chi connectivity index (χ3n) is 1.24. The minimum Gasteiger partial charge on any atom is -1.00 e. The summed E-state index contributed by atoms with van der Waals surface area (Å²) in [6.45, 7) is 2.08. The molecule has 68 valence electrons. The maximum Gasteiger partial charge on any atom is 1.00 e. The smallest absolute Gasteiger partial charge is 1.00 e. The number of unbranched alkanes of at least 4 members (excludes halogenated alkanes) is 3. The first kappa shape index (κ1) is 15.1. The van der Waals surface area contributed by atoms with Crippen molar-refractivity contribution in [3.8, 4) is 0 Å². The van der Waals surface area contributed by atoms with Crippen LogP contribution in [-0.4, -0.2) is 13.0 Å². The molecule has 0 saturated carbocycles. The number of allylic oxidation sites excluding steroid dienone is 1. The molecule has 0 aliphatic heterocycles. The molecule has 0 aliphatic carbocycles. The molecule has 0 radical (unpaired) electrons. The van der Waals surface area contributed by atoms with Crippen molar-refractivity contribution in [1.82, 2.24) is 0 Å². The van der Waals surface area contributed by atoms with Crippen LogP contribution in [0.1, 0.15) is 34.0 Å². The summed E-state index contributed by atoms with van der Waals surface area (Å²) in [5.41, 5.74) is 0. The maximum absolute atomic E-state index is 10.1. The Morgan fingerprint density at radius 2 is 2.00 bits per heavy atom. The van der Waals surface area contributed by atoms with Crippen molar-refractivity contribution in [2.45, 2.75) is 32.6 Å². The predicted octanol–water partition coefficient (Wildman–Crippen LogP) is -0.915. The molecule has 0 atom stereocenters. The van der Waals surface area contributed by atoms with E-state index in [9.17, 15) is 8.42 Å². The van der Waals surface area contributed by atoms with Gasteiger partial charge in [0.25, 0.3) is 10.1 Å². The largest absolute Gasteiger partial charge is 1.00 e. The molecule has 0 fully saturated rings. The SMILES string of the molecule is CCCCCC=CS(=O)(=O)O.[H-].[Na+]. The van der Waals surface area contributed by atoms with Crippen LogP contribution >= 0.6 is 0 Å². The molecule has 0 spiro atoms. The summed E-state index contributed by atoms with van der Waals surface area (Å²) < 4.78 is 28.5. The Balaban J connectivity index is -0.000000500. The van der Waals surface area contributed by atoms with Crippen LogP contribution < -0.4 is 29.6 Å². The van der Waals surface area contributed by atoms with Gasteiger partial charge in [0, 0.05) is 0 Å². The van der Waals surface area contributed by atoms with E-state index in [-0.39, 0.29) is 31.0 Å². The van der Waals surface area contributed by atoms with Crippen LogP contribution in [0.2, 0.25) is 0 Å². The first-order valence-electron chi connectivity index (χ1n) is 3.70. The van der Waals surface area contributed by atoms with E-state index in [0.29, 0.717) is 6.42 Å². The van der Waals surface area contributed by atoms with E-state index in [2.05, 4.69) is 6.92 Å². The van der Waals surface area contributed by atoms with Crippen LogP contribution in [0.25, 0.3) is 0 Å². The van der Waals surface area contributed by atoms with Crippen molar-refractivity contribution < 1.29 is 44.0 Å². The van der Waals surface area contributed by atoms with Crippen molar-refractivity contribution in [3.05, 3.63) is 11.5 Å². The summed E-state index contributed by atoms with van der Waals surface area (Å²) in [6.07, 6.45) is 5.37. The van der Waals surface area contributed by atoms with Gasteiger partial charge in [0.1, 0.15) is 0 Å². The number of hydrogen-bond acceptors (Lipinski definition) is 2. The summed E-state index contributed by atoms with van der Waals surface area (Å²) in [6, 6.07) is 0. The maximum atomic E-state index is 10.1. The van der Waals surface area contributed by atoms with Crippen LogP contribution in [0.5, 0.6) is 0 Å². The zero-order valence-corrected chi connectivity index (χ0v) is 10.5. The molecule has 3 nitrogen and oxygen atoms in total. The molecule has 12 heavy (non-hydrogen) atoms. The third kappa shape index (κ3) is 13.3. The fourth-order valence-electron chi connectivity index (χ4n) is 0.702. The minimum atomic E-state index is -3.89. The van der Waals surface area contributed by atoms with Crippen molar-refractivity contribution in [3.63, 3.8) is 0 Å². The van der Waals surface area contributed by atoms with E-state index in [0.717, 1.165) is 24.7 Å². The molecule has 0 aromatic heterocycles. The van der Waals surface area contributed by atoms with Gasteiger partial charge in [0.05, 0.1) is 5.41 Å². The quantitative estimate of drug-likeness (QED) is 0.356. The minimum absolute atomic E-state index is 0. The molecular formula is C7H15NaO3S. The van der Waals surface area contributed by atoms with Crippen molar-refractivity contribution >= 4 is 10.1 Å². The van der Waals surface area contributed by atoms with Crippen LogP contribution in [0, 0.1) is 0 Å². The zero-order valence-electron chi connectivity index (χ0n) is 8.66. The van der Waals surface area contributed by atoms with Crippen LogP contribution in [-0.2, 0) is 10.1 Å². The second kappa shape index (κ2) is 8.26. The van der Waals surface area contributed by atoms with Gasteiger partial charge >= 0.3 is 29.6 Å². The zero-order chi connectivity index (χ0) is 8.74. The molecule has 0 aromatic carbocycles. The van der Waals surface area contributed by atoms with E-state index in [4.69, 9.17) is 4.55 Å². The Labute approximate surface area is 97.8 Å². The molecule has 0 bridgehead atoms. The fourth-order valence-corrected chi connectivity index (χ4v) is 1.08. The van der Waals surface area contributed by atoms with Crippen molar-refractivity contribution in [2.24, 2.45) is 0 Å². The van der Waals surface area contributed by atoms with Gasteiger partial charge in [-0.05, 0) is 12.8 Å². The predicted molar refractivity (Wildman–Crippen MR) is 45.9 cm³/mol. The van der Waals surface area contributed by atoms with Gasteiger partial charge in [-0.3, -0.25) is 4.55 Å². The van der Waals surface area contributed by atoms with Gasteiger partial charge in [-0.25, -0.2) is 0 Å². The molecule has 0 aromatic rings. The molecule has 0 amide bonds. The van der Waals surface area contributed by atoms with Gasteiger partial charge in [-0.1, -0.05) is 25.8 Å². The number of hydrogen-bond donors (Lipinski definition) is 1. The van der Waals surface area contributed by atoms with E-state index < -0.39 is 10.1 Å². The molecule has 0 unspecified atom stereocenters. The first-order valence-corrected chi connectivity index (χ1v) is 5.20. The van der Waals surface area contributed by atoms with Crippen LogP contribution in [0.15, 0.2) is 11.5 Å². The molecular weight excluding hydrogens is 187 g/mol. The molecule has 0 rings (SSSR count). The molecule has 0 aliphatic rings. The van der Waals surface area contributed by atoms with Gasteiger partial charge in [-0.15, -0.1) is 0 Å². The molecule has 0 saturated heterocycles. The number of rotatable bonds is 5. The van der Waals surface area contributed by atoms with Crippen LogP contribution in [0.3, 0.4) is 0 Å². The average molecular weight is 202 g/mol. The molecule has 0 heterocycles. The van der Waals surface area contributed by atoms with Crippen LogP contribution in [0.4, 0.5) is 0 Å². The normalized spacial score (nSPS) is 11.5. The van der Waals surface area contributed by atoms with Crippen molar-refractivity contribution in [1.29, 1.82) is 0 Å². The van der Waals surface area contributed by atoms with E-state index in [1.807, 2.05) is 0 Å². The molecule has 1 N–H and O–H groups in total. The standard InChI is InChI=1S/C7H14O3S.Na.H/c1-2-3-4-5-6-7-11(8,9)10;;/h6-7H,2-5H2,1H3,(H,8,9,10);;/q;+1;-1. The third-order valence-corrected chi connectivity index (χ3v) is 1.78. The van der Waals surface area contributed by atoms with Crippen molar-refractivity contribution in [2.75, 3.05) is 0 Å². The summed E-state index contributed by atoms with van der Waals surface area (Å²) in [7, 11) is -3.89. The Hall–Kier alpha value is 0.650. The van der Waals surface area contributed by atoms with Gasteiger partial charge in [0.15, 0.2) is 0 Å². The second-order valence-corrected chi connectivity index (χ2v) is 3.68. The summed E-state index contributed by atoms with van der Waals surface area (Å²) >= 11 is 0. The summed E-state index contributed by atoms with van der Waals surface area (Å²) in [5, 5.41) is 0.836. The van der Waals surface area contributed by atoms with E-state index >= 15 is 0 Å². The Morgan fingerprint density at radius 1 is 1.42 bits per heavy atom. The Kier molecular flexibility index (Phi) is 10.4. The monoisotopic (exact) mass is 202 g/mol. The Bertz CT molecular complexity index is 214. The molecule has 5 heteroatoms. The van der Waals surface area contributed by atoms with Gasteiger partial charge in [-0.2, -0.15) is 8.42 Å². The Morgan fingerprint density at radius 3 is 2.42 bits per heavy atom. The summed E-state index contributed by atoms with van der Waals surface area (Å²) in [4.78, 5) is 0. The van der Waals surface area contributed by atoms with E-state index in [1.165, 1.54) is 6.08 Å². The summed E-state index contributed by atoms with van der Waals surface area (Å²) in [5.74, 6) is 0. The fraction of sp³-hybridized carbons (Fsp3) is 0.714. The topological polar surface area (TPSA) is 54.4 Å². The first-order chi connectivity index (χ1) is 5.06. The van der Waals surface area contributed by atoms with E-state index in [1.54, 1.807) is 0 Å². The second-order valence-electron chi connectivity index (χ2n) is 2.38.